The van der Waals surface area contributed by atoms with Crippen LogP contribution in [0.1, 0.15) is 22.8 Å². The first-order valence-electron chi connectivity index (χ1n) is 11.4. The maximum Gasteiger partial charge on any atom is 0.341 e. The maximum absolute atomic E-state index is 12.8. The van der Waals surface area contributed by atoms with Crippen LogP contribution in [0.25, 0.3) is 10.4 Å². The van der Waals surface area contributed by atoms with Crippen molar-refractivity contribution >= 4 is 61.0 Å². The molecule has 1 aromatic heterocycles. The lowest BCUT2D eigenvalue weighted by molar-refractivity contribution is 0.0528. The molecular formula is C27H25N3O4S3. The average Bonchev–Trinajstić information content (AvgIpc) is 3.30. The van der Waals surface area contributed by atoms with Gasteiger partial charge in [-0.15, -0.1) is 11.3 Å². The first kappa shape index (κ1) is 26.3. The minimum atomic E-state index is -3.75. The predicted molar refractivity (Wildman–Crippen MR) is 154 cm³/mol. The molecule has 3 aromatic carbocycles. The number of para-hydroxylation sites is 1. The van der Waals surface area contributed by atoms with E-state index >= 15 is 0 Å². The number of carbonyl (C=O) groups is 1. The molecule has 190 valence electrons. The molecule has 4 aromatic rings. The molecule has 10 heteroatoms. The number of nitrogens with one attached hydrogen (secondary N) is 3. The molecule has 0 aliphatic heterocycles. The summed E-state index contributed by atoms with van der Waals surface area (Å²) in [5, 5.41) is 6.92. The van der Waals surface area contributed by atoms with Gasteiger partial charge in [-0.25, -0.2) is 13.2 Å². The number of anilines is 3. The summed E-state index contributed by atoms with van der Waals surface area (Å²) in [4.78, 5) is 13.6. The smallest absolute Gasteiger partial charge is 0.341 e. The van der Waals surface area contributed by atoms with Crippen LogP contribution in [0, 0.1) is 6.92 Å². The monoisotopic (exact) mass is 551 g/mol. The molecular weight excluding hydrogens is 527 g/mol. The molecule has 0 spiro atoms. The number of aryl methyl sites for hydroxylation is 1. The SMILES string of the molecule is CCOC(=O)c1cc(-c2ccccc2)sc1NC(=S)Nc1ccc(S(=O)(=O)Nc2ccccc2C)cc1. The van der Waals surface area contributed by atoms with Crippen molar-refractivity contribution < 1.29 is 17.9 Å². The number of ether oxygens (including phenoxy) is 1. The van der Waals surface area contributed by atoms with Crippen LogP contribution >= 0.6 is 23.6 Å². The minimum Gasteiger partial charge on any atom is -0.462 e. The molecule has 0 amide bonds. The highest BCUT2D eigenvalue weighted by atomic mass is 32.2. The molecule has 0 saturated heterocycles. The Kier molecular flexibility index (Phi) is 8.22. The molecule has 3 N–H and O–H groups in total. The molecule has 0 aliphatic rings. The summed E-state index contributed by atoms with van der Waals surface area (Å²) in [5.74, 6) is -0.443. The fraction of sp³-hybridized carbons (Fsp3) is 0.111. The highest BCUT2D eigenvalue weighted by Gasteiger charge is 2.19. The van der Waals surface area contributed by atoms with E-state index in [4.69, 9.17) is 17.0 Å². The summed E-state index contributed by atoms with van der Waals surface area (Å²) in [7, 11) is -3.75. The third kappa shape index (κ3) is 6.53. The van der Waals surface area contributed by atoms with Crippen LogP contribution in [0.15, 0.2) is 89.8 Å². The van der Waals surface area contributed by atoms with Crippen LogP contribution in [-0.2, 0) is 14.8 Å². The maximum atomic E-state index is 12.8. The fourth-order valence-electron chi connectivity index (χ4n) is 3.46. The van der Waals surface area contributed by atoms with E-state index < -0.39 is 16.0 Å². The fourth-order valence-corrected chi connectivity index (χ4v) is 5.93. The Balaban J connectivity index is 1.48. The Hall–Kier alpha value is -3.73. The van der Waals surface area contributed by atoms with Crippen LogP contribution in [0.4, 0.5) is 16.4 Å². The van der Waals surface area contributed by atoms with E-state index in [0.717, 1.165) is 16.0 Å². The van der Waals surface area contributed by atoms with Gasteiger partial charge in [0.05, 0.1) is 22.8 Å². The van der Waals surface area contributed by atoms with Crippen molar-refractivity contribution in [3.05, 3.63) is 96.1 Å². The largest absolute Gasteiger partial charge is 0.462 e. The van der Waals surface area contributed by atoms with Crippen molar-refractivity contribution in [3.63, 3.8) is 0 Å². The topological polar surface area (TPSA) is 96.5 Å². The van der Waals surface area contributed by atoms with Crippen LogP contribution in [-0.4, -0.2) is 26.1 Å². The zero-order chi connectivity index (χ0) is 26.4. The minimum absolute atomic E-state index is 0.121. The summed E-state index contributed by atoms with van der Waals surface area (Å²) in [6.45, 7) is 3.84. The van der Waals surface area contributed by atoms with Crippen molar-refractivity contribution in [2.75, 3.05) is 22.0 Å². The van der Waals surface area contributed by atoms with Crippen LogP contribution < -0.4 is 15.4 Å². The van der Waals surface area contributed by atoms with Gasteiger partial charge in [-0.05, 0) is 73.6 Å². The van der Waals surface area contributed by atoms with E-state index in [1.807, 2.05) is 49.4 Å². The second-order valence-corrected chi connectivity index (χ2v) is 11.1. The van der Waals surface area contributed by atoms with E-state index in [1.54, 1.807) is 37.3 Å². The van der Waals surface area contributed by atoms with Gasteiger partial charge in [0, 0.05) is 10.6 Å². The van der Waals surface area contributed by atoms with Gasteiger partial charge in [-0.1, -0.05) is 48.5 Å². The molecule has 0 radical (unpaired) electrons. The van der Waals surface area contributed by atoms with Crippen molar-refractivity contribution in [3.8, 4) is 10.4 Å². The Bertz CT molecular complexity index is 1520. The van der Waals surface area contributed by atoms with Gasteiger partial charge in [-0.3, -0.25) is 4.72 Å². The van der Waals surface area contributed by atoms with Gasteiger partial charge in [0.25, 0.3) is 10.0 Å². The average molecular weight is 552 g/mol. The summed E-state index contributed by atoms with van der Waals surface area (Å²) in [6.07, 6.45) is 0. The van der Waals surface area contributed by atoms with Gasteiger partial charge < -0.3 is 15.4 Å². The third-order valence-electron chi connectivity index (χ3n) is 5.32. The number of sulfonamides is 1. The Morgan fingerprint density at radius 1 is 0.946 bits per heavy atom. The lowest BCUT2D eigenvalue weighted by atomic mass is 10.1. The number of thiocarbonyl (C=S) groups is 1. The number of thiophene rings is 1. The van der Waals surface area contributed by atoms with E-state index in [2.05, 4.69) is 15.4 Å². The Labute approximate surface area is 225 Å². The lowest BCUT2D eigenvalue weighted by Gasteiger charge is -2.12. The quantitative estimate of drug-likeness (QED) is 0.170. The number of rotatable bonds is 8. The number of benzene rings is 3. The molecule has 0 atom stereocenters. The van der Waals surface area contributed by atoms with E-state index in [-0.39, 0.29) is 16.6 Å². The Morgan fingerprint density at radius 3 is 2.30 bits per heavy atom. The van der Waals surface area contributed by atoms with Gasteiger partial charge in [0.1, 0.15) is 5.00 Å². The van der Waals surface area contributed by atoms with Gasteiger partial charge in [-0.2, -0.15) is 0 Å². The molecule has 4 rings (SSSR count). The molecule has 0 bridgehead atoms. The van der Waals surface area contributed by atoms with Crippen molar-refractivity contribution in [2.45, 2.75) is 18.7 Å². The highest BCUT2D eigenvalue weighted by molar-refractivity contribution is 7.92. The highest BCUT2D eigenvalue weighted by Crippen LogP contribution is 2.36. The van der Waals surface area contributed by atoms with Crippen molar-refractivity contribution in [1.29, 1.82) is 0 Å². The number of esters is 1. The van der Waals surface area contributed by atoms with Crippen molar-refractivity contribution in [2.24, 2.45) is 0 Å². The zero-order valence-corrected chi connectivity index (χ0v) is 22.6. The summed E-state index contributed by atoms with van der Waals surface area (Å²) in [5.41, 5.74) is 3.30. The van der Waals surface area contributed by atoms with Gasteiger partial charge >= 0.3 is 5.97 Å². The number of hydrogen-bond acceptors (Lipinski definition) is 6. The van der Waals surface area contributed by atoms with Crippen molar-refractivity contribution in [1.82, 2.24) is 0 Å². The van der Waals surface area contributed by atoms with E-state index in [9.17, 15) is 13.2 Å². The molecule has 0 unspecified atom stereocenters. The summed E-state index contributed by atoms with van der Waals surface area (Å²) >= 11 is 6.85. The van der Waals surface area contributed by atoms with Crippen LogP contribution in [0.2, 0.25) is 0 Å². The molecule has 0 saturated carbocycles. The third-order valence-corrected chi connectivity index (χ3v) is 8.01. The molecule has 0 aliphatic carbocycles. The summed E-state index contributed by atoms with van der Waals surface area (Å²) < 4.78 is 33.4. The molecule has 1 heterocycles. The van der Waals surface area contributed by atoms with Gasteiger partial charge in [0.2, 0.25) is 0 Å². The normalized spacial score (nSPS) is 11.0. The van der Waals surface area contributed by atoms with Crippen LogP contribution in [0.3, 0.4) is 0 Å². The molecule has 7 nitrogen and oxygen atoms in total. The van der Waals surface area contributed by atoms with Crippen LogP contribution in [0.5, 0.6) is 0 Å². The summed E-state index contributed by atoms with van der Waals surface area (Å²) in [6, 6.07) is 24.9. The lowest BCUT2D eigenvalue weighted by Crippen LogP contribution is -2.20. The van der Waals surface area contributed by atoms with E-state index in [1.165, 1.54) is 23.5 Å². The Morgan fingerprint density at radius 2 is 1.62 bits per heavy atom. The molecule has 37 heavy (non-hydrogen) atoms. The first-order valence-corrected chi connectivity index (χ1v) is 14.1. The first-order chi connectivity index (χ1) is 17.8. The standard InChI is InChI=1S/C27H25N3O4S3/c1-3-34-26(31)22-17-24(19-10-5-4-6-11-19)36-25(22)29-27(35)28-20-13-15-21(16-14-20)37(32,33)30-23-12-8-7-9-18(23)2/h4-17,30H,3H2,1-2H3,(H2,28,29,35). The molecule has 0 fully saturated rings. The second kappa shape index (κ2) is 11.5. The number of carbonyl (C=O) groups excluding carboxylic acids is 1. The predicted octanol–water partition coefficient (Wildman–Crippen LogP) is 6.51. The van der Waals surface area contributed by atoms with E-state index in [0.29, 0.717) is 21.9 Å². The zero-order valence-electron chi connectivity index (χ0n) is 20.1. The second-order valence-electron chi connectivity index (χ2n) is 7.96. The van der Waals surface area contributed by atoms with Gasteiger partial charge in [0.15, 0.2) is 5.11 Å². The number of hydrogen-bond donors (Lipinski definition) is 3.